The molecule has 1 aliphatic rings. The summed E-state index contributed by atoms with van der Waals surface area (Å²) in [4.78, 5) is 12.3. The van der Waals surface area contributed by atoms with Crippen LogP contribution in [0.15, 0.2) is 140 Å². The molecule has 3 heteroatoms. The second-order valence-corrected chi connectivity index (χ2v) is 11.8. The van der Waals surface area contributed by atoms with Gasteiger partial charge >= 0.3 is 5.97 Å². The predicted octanol–water partition coefficient (Wildman–Crippen LogP) is 9.35. The van der Waals surface area contributed by atoms with Crippen molar-refractivity contribution in [2.24, 2.45) is 0 Å². The van der Waals surface area contributed by atoms with E-state index in [-0.39, 0.29) is 12.1 Å². The normalized spacial score (nSPS) is 15.0. The Balaban J connectivity index is 1.23. The van der Waals surface area contributed by atoms with Crippen molar-refractivity contribution in [1.29, 1.82) is 0 Å². The van der Waals surface area contributed by atoms with E-state index in [1.54, 1.807) is 0 Å². The van der Waals surface area contributed by atoms with Crippen LogP contribution in [0.3, 0.4) is 0 Å². The minimum atomic E-state index is -0.765. The molecule has 6 rings (SSSR count). The van der Waals surface area contributed by atoms with Crippen molar-refractivity contribution in [1.82, 2.24) is 0 Å². The van der Waals surface area contributed by atoms with Crippen LogP contribution in [0.4, 0.5) is 0 Å². The summed E-state index contributed by atoms with van der Waals surface area (Å²) in [5.74, 6) is 0.223. The van der Waals surface area contributed by atoms with Crippen molar-refractivity contribution in [2.45, 2.75) is 56.7 Å². The van der Waals surface area contributed by atoms with E-state index in [4.69, 9.17) is 9.47 Å². The van der Waals surface area contributed by atoms with Gasteiger partial charge < -0.3 is 9.47 Å². The first kappa shape index (κ1) is 29.6. The van der Waals surface area contributed by atoms with Gasteiger partial charge in [-0.1, -0.05) is 140 Å². The van der Waals surface area contributed by atoms with Gasteiger partial charge in [0.1, 0.15) is 11.7 Å². The van der Waals surface area contributed by atoms with Crippen LogP contribution >= 0.6 is 0 Å². The van der Waals surface area contributed by atoms with Gasteiger partial charge in [-0.05, 0) is 77.0 Å². The van der Waals surface area contributed by atoms with Crippen molar-refractivity contribution >= 4 is 5.97 Å². The number of hydrogen-bond acceptors (Lipinski definition) is 3. The molecule has 0 fully saturated rings. The first-order valence-corrected chi connectivity index (χ1v) is 15.8. The van der Waals surface area contributed by atoms with Crippen molar-refractivity contribution in [3.05, 3.63) is 178 Å². The highest BCUT2D eigenvalue weighted by Crippen LogP contribution is 2.41. The molecule has 3 nitrogen and oxygen atoms in total. The maximum absolute atomic E-state index is 12.3. The van der Waals surface area contributed by atoms with Crippen molar-refractivity contribution in [3.8, 4) is 0 Å². The molecule has 0 bridgehead atoms. The van der Waals surface area contributed by atoms with Gasteiger partial charge in [0, 0.05) is 13.5 Å². The van der Waals surface area contributed by atoms with Crippen LogP contribution in [0.25, 0.3) is 0 Å². The summed E-state index contributed by atoms with van der Waals surface area (Å²) in [6.07, 6.45) is 4.37. The standard InChI is InChI=1S/C41H40O3/c1-31(42)44-40(35-27-25-33-24-26-34(39(33)30-35)29-32-15-6-2-7-16-32)23-14-28-43-41(36-17-8-3-9-18-36,37-19-10-4-11-20-37)38-21-12-5-13-22-38/h2-13,15-22,25,27,30,34,40H,14,23-24,26,28-29H2,1H3. The van der Waals surface area contributed by atoms with Crippen LogP contribution in [0.5, 0.6) is 0 Å². The number of benzene rings is 5. The molecule has 5 aromatic rings. The first-order valence-electron chi connectivity index (χ1n) is 15.8. The summed E-state index contributed by atoms with van der Waals surface area (Å²) in [5.41, 5.74) is 7.72. The topological polar surface area (TPSA) is 35.5 Å². The number of carbonyl (C=O) groups excluding carboxylic acids is 1. The lowest BCUT2D eigenvalue weighted by Crippen LogP contribution is -2.33. The molecule has 0 saturated heterocycles. The Morgan fingerprint density at radius 3 is 1.84 bits per heavy atom. The summed E-state index contributed by atoms with van der Waals surface area (Å²) < 4.78 is 12.9. The number of aryl methyl sites for hydroxylation is 1. The predicted molar refractivity (Wildman–Crippen MR) is 177 cm³/mol. The third-order valence-electron chi connectivity index (χ3n) is 8.85. The van der Waals surface area contributed by atoms with E-state index >= 15 is 0 Å². The second kappa shape index (κ2) is 13.9. The molecule has 2 unspecified atom stereocenters. The highest BCUT2D eigenvalue weighted by Gasteiger charge is 2.37. The van der Waals surface area contributed by atoms with Gasteiger partial charge in [-0.2, -0.15) is 0 Å². The fourth-order valence-electron chi connectivity index (χ4n) is 6.77. The lowest BCUT2D eigenvalue weighted by Gasteiger charge is -2.36. The molecule has 0 aliphatic heterocycles. The average molecular weight is 581 g/mol. The van der Waals surface area contributed by atoms with Crippen LogP contribution in [-0.2, 0) is 32.7 Å². The SMILES string of the molecule is CC(=O)OC(CCCOC(c1ccccc1)(c1ccccc1)c1ccccc1)c1ccc2c(c1)C(Cc1ccccc1)CC2. The third kappa shape index (κ3) is 6.54. The van der Waals surface area contributed by atoms with Crippen LogP contribution in [0.1, 0.15) is 77.2 Å². The van der Waals surface area contributed by atoms with E-state index in [1.807, 2.05) is 18.2 Å². The van der Waals surface area contributed by atoms with E-state index in [0.29, 0.717) is 18.9 Å². The molecule has 0 radical (unpaired) electrons. The zero-order valence-electron chi connectivity index (χ0n) is 25.4. The Kier molecular flexibility index (Phi) is 9.34. The van der Waals surface area contributed by atoms with Crippen LogP contribution in [0.2, 0.25) is 0 Å². The molecule has 0 spiro atoms. The zero-order chi connectivity index (χ0) is 30.2. The van der Waals surface area contributed by atoms with E-state index in [2.05, 4.69) is 121 Å². The van der Waals surface area contributed by atoms with Gasteiger partial charge in [-0.15, -0.1) is 0 Å². The Morgan fingerprint density at radius 1 is 0.750 bits per heavy atom. The maximum Gasteiger partial charge on any atom is 0.303 e. The van der Waals surface area contributed by atoms with Crippen LogP contribution in [0, 0.1) is 0 Å². The quantitative estimate of drug-likeness (QED) is 0.0838. The molecular weight excluding hydrogens is 540 g/mol. The summed E-state index contributed by atoms with van der Waals surface area (Å²) >= 11 is 0. The number of esters is 1. The summed E-state index contributed by atoms with van der Waals surface area (Å²) in [5, 5.41) is 0. The fraction of sp³-hybridized carbons (Fsp3) is 0.244. The Bertz CT molecular complexity index is 1530. The number of fused-ring (bicyclic) bond motifs is 1. The average Bonchev–Trinajstić information content (AvgIpc) is 3.47. The molecule has 0 saturated carbocycles. The summed E-state index contributed by atoms with van der Waals surface area (Å²) in [6, 6.07) is 48.7. The van der Waals surface area contributed by atoms with Crippen molar-refractivity contribution in [2.75, 3.05) is 6.61 Å². The summed E-state index contributed by atoms with van der Waals surface area (Å²) in [7, 11) is 0. The molecule has 44 heavy (non-hydrogen) atoms. The molecular formula is C41H40O3. The lowest BCUT2D eigenvalue weighted by molar-refractivity contribution is -0.147. The number of hydrogen-bond donors (Lipinski definition) is 0. The highest BCUT2D eigenvalue weighted by molar-refractivity contribution is 5.66. The van der Waals surface area contributed by atoms with E-state index < -0.39 is 5.60 Å². The monoisotopic (exact) mass is 580 g/mol. The van der Waals surface area contributed by atoms with Crippen LogP contribution < -0.4 is 0 Å². The van der Waals surface area contributed by atoms with Gasteiger partial charge in [0.05, 0.1) is 0 Å². The lowest BCUT2D eigenvalue weighted by atomic mass is 9.80. The molecule has 5 aromatic carbocycles. The third-order valence-corrected chi connectivity index (χ3v) is 8.85. The minimum absolute atomic E-state index is 0.260. The van der Waals surface area contributed by atoms with E-state index in [0.717, 1.165) is 47.9 Å². The van der Waals surface area contributed by atoms with E-state index in [9.17, 15) is 4.79 Å². The molecule has 1 aliphatic carbocycles. The van der Waals surface area contributed by atoms with Gasteiger partial charge in [0.15, 0.2) is 0 Å². The second-order valence-electron chi connectivity index (χ2n) is 11.8. The molecule has 0 amide bonds. The van der Waals surface area contributed by atoms with Crippen molar-refractivity contribution in [3.63, 3.8) is 0 Å². The van der Waals surface area contributed by atoms with E-state index in [1.165, 1.54) is 23.6 Å². The minimum Gasteiger partial charge on any atom is -0.458 e. The fourth-order valence-corrected chi connectivity index (χ4v) is 6.77. The first-order chi connectivity index (χ1) is 21.6. The smallest absolute Gasteiger partial charge is 0.303 e. The van der Waals surface area contributed by atoms with Gasteiger partial charge in [0.25, 0.3) is 0 Å². The van der Waals surface area contributed by atoms with Gasteiger partial charge in [-0.25, -0.2) is 0 Å². The Hall–Kier alpha value is -4.47. The molecule has 222 valence electrons. The number of carbonyl (C=O) groups is 1. The molecule has 0 heterocycles. The van der Waals surface area contributed by atoms with Gasteiger partial charge in [-0.3, -0.25) is 4.79 Å². The van der Waals surface area contributed by atoms with Crippen molar-refractivity contribution < 1.29 is 14.3 Å². The molecule has 0 aromatic heterocycles. The van der Waals surface area contributed by atoms with Crippen LogP contribution in [-0.4, -0.2) is 12.6 Å². The summed E-state index contributed by atoms with van der Waals surface area (Å²) in [6.45, 7) is 2.00. The largest absolute Gasteiger partial charge is 0.458 e. The number of rotatable bonds is 12. The molecule has 2 atom stereocenters. The maximum atomic E-state index is 12.3. The zero-order valence-corrected chi connectivity index (χ0v) is 25.4. The highest BCUT2D eigenvalue weighted by atomic mass is 16.5. The Morgan fingerprint density at radius 2 is 1.30 bits per heavy atom. The molecule has 0 N–H and O–H groups in total. The van der Waals surface area contributed by atoms with Gasteiger partial charge in [0.2, 0.25) is 0 Å². The number of ether oxygens (including phenoxy) is 2. The Labute approximate surface area is 261 Å².